The zero-order valence-corrected chi connectivity index (χ0v) is 12.8. The van der Waals surface area contributed by atoms with Crippen LogP contribution in [0.3, 0.4) is 0 Å². The Morgan fingerprint density at radius 3 is 2.43 bits per heavy atom. The minimum atomic E-state index is -0.122. The van der Waals surface area contributed by atoms with Crippen LogP contribution in [-0.2, 0) is 4.79 Å². The summed E-state index contributed by atoms with van der Waals surface area (Å²) in [6.45, 7) is 0. The number of aromatic hydroxyl groups is 1. The SMILES string of the molecule is COc1cccc(C=CC=CC(=O)C=Cc2cccc(O)c2)c1. The van der Waals surface area contributed by atoms with E-state index in [0.717, 1.165) is 16.9 Å². The zero-order valence-electron chi connectivity index (χ0n) is 12.8. The number of carbonyl (C=O) groups is 1. The van der Waals surface area contributed by atoms with Crippen molar-refractivity contribution in [1.29, 1.82) is 0 Å². The number of hydrogen-bond donors (Lipinski definition) is 1. The summed E-state index contributed by atoms with van der Waals surface area (Å²) in [5.41, 5.74) is 1.77. The number of methoxy groups -OCH3 is 1. The number of rotatable bonds is 6. The summed E-state index contributed by atoms with van der Waals surface area (Å²) in [7, 11) is 1.63. The second kappa shape index (κ2) is 8.39. The molecule has 3 nitrogen and oxygen atoms in total. The van der Waals surface area contributed by atoms with Crippen molar-refractivity contribution in [1.82, 2.24) is 0 Å². The Morgan fingerprint density at radius 1 is 0.957 bits per heavy atom. The molecule has 2 aromatic rings. The number of ketones is 1. The average Bonchev–Trinajstić information content (AvgIpc) is 2.57. The van der Waals surface area contributed by atoms with Crippen LogP contribution in [0.1, 0.15) is 11.1 Å². The van der Waals surface area contributed by atoms with Crippen molar-refractivity contribution >= 4 is 17.9 Å². The van der Waals surface area contributed by atoms with Crippen molar-refractivity contribution in [2.75, 3.05) is 7.11 Å². The highest BCUT2D eigenvalue weighted by molar-refractivity contribution is 6.02. The van der Waals surface area contributed by atoms with Crippen LogP contribution in [0.4, 0.5) is 0 Å². The molecule has 0 bridgehead atoms. The third kappa shape index (κ3) is 5.67. The predicted molar refractivity (Wildman–Crippen MR) is 93.3 cm³/mol. The average molecular weight is 306 g/mol. The summed E-state index contributed by atoms with van der Waals surface area (Å²) >= 11 is 0. The molecule has 0 aromatic heterocycles. The van der Waals surface area contributed by atoms with Gasteiger partial charge in [-0.1, -0.05) is 48.6 Å². The molecule has 0 aliphatic rings. The molecule has 0 radical (unpaired) electrons. The molecule has 0 aliphatic carbocycles. The Hall–Kier alpha value is -3.07. The topological polar surface area (TPSA) is 46.5 Å². The number of hydrogen-bond acceptors (Lipinski definition) is 3. The van der Waals surface area contributed by atoms with Crippen molar-refractivity contribution in [3.8, 4) is 11.5 Å². The standard InChI is InChI=1S/C20H18O3/c1-23-20-11-5-8-16(15-20)6-2-3-9-18(21)13-12-17-7-4-10-19(22)14-17/h2-15,22H,1H3. The maximum Gasteiger partial charge on any atom is 0.178 e. The molecule has 0 heterocycles. The van der Waals surface area contributed by atoms with Gasteiger partial charge in [0.15, 0.2) is 5.78 Å². The first-order chi connectivity index (χ1) is 11.2. The first-order valence-corrected chi connectivity index (χ1v) is 7.17. The highest BCUT2D eigenvalue weighted by atomic mass is 16.5. The Kier molecular flexibility index (Phi) is 5.95. The molecule has 3 heteroatoms. The van der Waals surface area contributed by atoms with Gasteiger partial charge >= 0.3 is 0 Å². The van der Waals surface area contributed by atoms with Crippen LogP contribution >= 0.6 is 0 Å². The van der Waals surface area contributed by atoms with Crippen molar-refractivity contribution in [2.24, 2.45) is 0 Å². The Balaban J connectivity index is 1.92. The molecule has 2 aromatic carbocycles. The van der Waals surface area contributed by atoms with E-state index in [-0.39, 0.29) is 11.5 Å². The lowest BCUT2D eigenvalue weighted by Gasteiger charge is -1.99. The molecule has 0 amide bonds. The fourth-order valence-electron chi connectivity index (χ4n) is 1.92. The normalized spacial score (nSPS) is 11.5. The van der Waals surface area contributed by atoms with Gasteiger partial charge in [0.05, 0.1) is 7.11 Å². The smallest absolute Gasteiger partial charge is 0.178 e. The molecule has 0 saturated carbocycles. The quantitative estimate of drug-likeness (QED) is 0.641. The molecule has 0 aliphatic heterocycles. The summed E-state index contributed by atoms with van der Waals surface area (Å²) in [5.74, 6) is 0.848. The minimum Gasteiger partial charge on any atom is -0.508 e. The lowest BCUT2D eigenvalue weighted by Crippen LogP contribution is -1.84. The van der Waals surface area contributed by atoms with E-state index in [1.165, 1.54) is 12.2 Å². The number of ether oxygens (including phenoxy) is 1. The number of allylic oxidation sites excluding steroid dienone is 4. The molecule has 0 fully saturated rings. The molecule has 1 N–H and O–H groups in total. The van der Waals surface area contributed by atoms with Crippen LogP contribution < -0.4 is 4.74 Å². The second-order valence-corrected chi connectivity index (χ2v) is 4.83. The molecular formula is C20H18O3. The van der Waals surface area contributed by atoms with Crippen molar-refractivity contribution in [3.05, 3.63) is 84.0 Å². The van der Waals surface area contributed by atoms with Gasteiger partial charge in [-0.15, -0.1) is 0 Å². The maximum atomic E-state index is 11.7. The number of phenolic OH excluding ortho intramolecular Hbond substituents is 1. The monoisotopic (exact) mass is 306 g/mol. The molecule has 0 atom stereocenters. The Labute approximate surface area is 135 Å². The second-order valence-electron chi connectivity index (χ2n) is 4.83. The highest BCUT2D eigenvalue weighted by Crippen LogP contribution is 2.14. The Morgan fingerprint density at radius 2 is 1.70 bits per heavy atom. The van der Waals surface area contributed by atoms with Crippen molar-refractivity contribution in [3.63, 3.8) is 0 Å². The summed E-state index contributed by atoms with van der Waals surface area (Å²) in [4.78, 5) is 11.7. The van der Waals surface area contributed by atoms with Gasteiger partial charge in [-0.2, -0.15) is 0 Å². The van der Waals surface area contributed by atoms with Crippen LogP contribution in [-0.4, -0.2) is 18.0 Å². The fourth-order valence-corrected chi connectivity index (χ4v) is 1.92. The van der Waals surface area contributed by atoms with Gasteiger partial charge in [0.25, 0.3) is 0 Å². The van der Waals surface area contributed by atoms with E-state index in [1.54, 1.807) is 43.5 Å². The van der Waals surface area contributed by atoms with Crippen LogP contribution in [0, 0.1) is 0 Å². The van der Waals surface area contributed by atoms with E-state index in [2.05, 4.69) is 0 Å². The third-order valence-electron chi connectivity index (χ3n) is 3.06. The van der Waals surface area contributed by atoms with E-state index < -0.39 is 0 Å². The zero-order chi connectivity index (χ0) is 16.5. The van der Waals surface area contributed by atoms with Gasteiger partial charge in [-0.25, -0.2) is 0 Å². The van der Waals surface area contributed by atoms with Crippen LogP contribution in [0.15, 0.2) is 72.8 Å². The molecule has 23 heavy (non-hydrogen) atoms. The first-order valence-electron chi connectivity index (χ1n) is 7.17. The summed E-state index contributed by atoms with van der Waals surface area (Å²) in [6.07, 6.45) is 9.99. The predicted octanol–water partition coefficient (Wildman–Crippen LogP) is 4.25. The molecule has 0 saturated heterocycles. The highest BCUT2D eigenvalue weighted by Gasteiger charge is 1.92. The van der Waals surface area contributed by atoms with Crippen LogP contribution in [0.5, 0.6) is 11.5 Å². The molecule has 2 rings (SSSR count). The number of phenols is 1. The van der Waals surface area contributed by atoms with Gasteiger partial charge in [-0.05, 0) is 47.5 Å². The molecule has 116 valence electrons. The number of carbonyl (C=O) groups excluding carboxylic acids is 1. The van der Waals surface area contributed by atoms with Crippen LogP contribution in [0.25, 0.3) is 12.2 Å². The molecule has 0 spiro atoms. The van der Waals surface area contributed by atoms with E-state index in [0.29, 0.717) is 0 Å². The molecular weight excluding hydrogens is 288 g/mol. The summed E-state index contributed by atoms with van der Waals surface area (Å²) in [5, 5.41) is 9.35. The third-order valence-corrected chi connectivity index (χ3v) is 3.06. The van der Waals surface area contributed by atoms with E-state index >= 15 is 0 Å². The van der Waals surface area contributed by atoms with Gasteiger partial charge in [0, 0.05) is 0 Å². The fraction of sp³-hybridized carbons (Fsp3) is 0.0500. The number of benzene rings is 2. The van der Waals surface area contributed by atoms with Crippen LogP contribution in [0.2, 0.25) is 0 Å². The van der Waals surface area contributed by atoms with E-state index in [4.69, 9.17) is 4.74 Å². The van der Waals surface area contributed by atoms with Gasteiger partial charge in [0.2, 0.25) is 0 Å². The van der Waals surface area contributed by atoms with Gasteiger partial charge in [-0.3, -0.25) is 4.79 Å². The van der Waals surface area contributed by atoms with E-state index in [9.17, 15) is 9.90 Å². The van der Waals surface area contributed by atoms with Gasteiger partial charge < -0.3 is 9.84 Å². The first kappa shape index (κ1) is 16.3. The lowest BCUT2D eigenvalue weighted by molar-refractivity contribution is -0.110. The minimum absolute atomic E-state index is 0.122. The van der Waals surface area contributed by atoms with Crippen molar-refractivity contribution in [2.45, 2.75) is 0 Å². The summed E-state index contributed by atoms with van der Waals surface area (Å²) < 4.78 is 5.15. The Bertz CT molecular complexity index is 755. The molecule has 0 unspecified atom stereocenters. The van der Waals surface area contributed by atoms with Gasteiger partial charge in [0.1, 0.15) is 11.5 Å². The maximum absolute atomic E-state index is 11.7. The van der Waals surface area contributed by atoms with Crippen molar-refractivity contribution < 1.29 is 14.6 Å². The summed E-state index contributed by atoms with van der Waals surface area (Å²) in [6, 6.07) is 14.4. The largest absolute Gasteiger partial charge is 0.508 e. The van der Waals surface area contributed by atoms with E-state index in [1.807, 2.05) is 36.4 Å². The lowest BCUT2D eigenvalue weighted by atomic mass is 10.1.